The molecule has 24 heavy (non-hydrogen) atoms. The van der Waals surface area contributed by atoms with E-state index in [9.17, 15) is 18.4 Å². The Morgan fingerprint density at radius 1 is 1.38 bits per heavy atom. The lowest BCUT2D eigenvalue weighted by molar-refractivity contribution is 0.0999. The Labute approximate surface area is 137 Å². The highest BCUT2D eigenvalue weighted by atomic mass is 19.1. The average molecular weight is 331 g/mol. The van der Waals surface area contributed by atoms with Crippen LogP contribution in [-0.2, 0) is 6.54 Å². The predicted octanol–water partition coefficient (Wildman–Crippen LogP) is 0.637. The molecule has 0 radical (unpaired) electrons. The summed E-state index contributed by atoms with van der Waals surface area (Å²) in [7, 11) is 1.71. The number of aromatic nitrogens is 1. The number of carbonyl (C=O) groups is 1. The maximum absolute atomic E-state index is 14.5. The number of hydrogen-bond donors (Lipinski definition) is 2. The second-order valence-corrected chi connectivity index (χ2v) is 6.11. The molecule has 0 atom stereocenters. The zero-order chi connectivity index (χ0) is 17.4. The van der Waals surface area contributed by atoms with Crippen LogP contribution in [0.5, 0.6) is 0 Å². The summed E-state index contributed by atoms with van der Waals surface area (Å²) in [5.74, 6) is -2.34. The Balaban J connectivity index is 2.06. The molecule has 1 saturated carbocycles. The number of nitrogens with zero attached hydrogens (tertiary/aromatic N) is 1. The first kappa shape index (κ1) is 16.2. The Morgan fingerprint density at radius 3 is 2.67 bits per heavy atom. The van der Waals surface area contributed by atoms with Crippen molar-refractivity contribution in [1.82, 2.24) is 4.57 Å². The molecule has 0 spiro atoms. The molecule has 1 amide bonds. The van der Waals surface area contributed by atoms with Crippen molar-refractivity contribution in [3.63, 3.8) is 0 Å². The molecule has 2 aromatic rings. The van der Waals surface area contributed by atoms with E-state index in [2.05, 4.69) is 5.32 Å². The van der Waals surface area contributed by atoms with Gasteiger partial charge in [-0.3, -0.25) is 9.59 Å². The third-order valence-corrected chi connectivity index (χ3v) is 4.02. The second-order valence-electron chi connectivity index (χ2n) is 6.11. The Hall–Kier alpha value is -2.64. The van der Waals surface area contributed by atoms with E-state index in [-0.39, 0.29) is 11.3 Å². The fourth-order valence-corrected chi connectivity index (χ4v) is 2.51. The van der Waals surface area contributed by atoms with Gasteiger partial charge in [-0.1, -0.05) is 11.5 Å². The van der Waals surface area contributed by atoms with E-state index in [4.69, 9.17) is 5.73 Å². The molecule has 124 valence electrons. The maximum atomic E-state index is 14.5. The lowest BCUT2D eigenvalue weighted by Gasteiger charge is -2.15. The van der Waals surface area contributed by atoms with Crippen molar-refractivity contribution in [3.05, 3.63) is 51.9 Å². The largest absolute Gasteiger partial charge is 0.365 e. The molecule has 0 bridgehead atoms. The van der Waals surface area contributed by atoms with Crippen molar-refractivity contribution in [3.8, 4) is 0 Å². The first-order valence-electron chi connectivity index (χ1n) is 7.62. The molecule has 0 unspecified atom stereocenters. The molecule has 1 heterocycles. The van der Waals surface area contributed by atoms with Crippen LogP contribution in [0.3, 0.4) is 0 Å². The molecular weight excluding hydrogens is 315 g/mol. The zero-order valence-corrected chi connectivity index (χ0v) is 13.1. The van der Waals surface area contributed by atoms with Gasteiger partial charge in [-0.2, -0.15) is 4.39 Å². The molecule has 1 aliphatic carbocycles. The van der Waals surface area contributed by atoms with Crippen molar-refractivity contribution in [1.29, 1.82) is 0 Å². The van der Waals surface area contributed by atoms with Gasteiger partial charge >= 0.3 is 0 Å². The van der Waals surface area contributed by atoms with E-state index in [1.165, 1.54) is 18.3 Å². The van der Waals surface area contributed by atoms with Gasteiger partial charge in [-0.25, -0.2) is 4.39 Å². The number of halogens is 2. The van der Waals surface area contributed by atoms with Crippen LogP contribution in [0.1, 0.15) is 23.2 Å². The summed E-state index contributed by atoms with van der Waals surface area (Å²) < 4.78 is 29.7. The van der Waals surface area contributed by atoms with Crippen molar-refractivity contribution >= 4 is 30.6 Å². The highest BCUT2D eigenvalue weighted by Gasteiger charge is 2.25. The van der Waals surface area contributed by atoms with Gasteiger partial charge in [0.2, 0.25) is 5.82 Å². The highest BCUT2D eigenvalue weighted by Crippen LogP contribution is 2.31. The number of amides is 1. The molecule has 3 N–H and O–H groups in total. The van der Waals surface area contributed by atoms with Crippen LogP contribution in [0.25, 0.3) is 0 Å². The third-order valence-electron chi connectivity index (χ3n) is 4.02. The number of hydrogen-bond acceptors (Lipinski definition) is 3. The number of rotatable bonds is 5. The maximum Gasteiger partial charge on any atom is 0.288 e. The first-order chi connectivity index (χ1) is 11.4. The van der Waals surface area contributed by atoms with Gasteiger partial charge in [-0.15, -0.1) is 0 Å². The van der Waals surface area contributed by atoms with Crippen molar-refractivity contribution in [2.45, 2.75) is 19.4 Å². The average Bonchev–Trinajstić information content (AvgIpc) is 3.32. The first-order valence-corrected chi connectivity index (χ1v) is 7.62. The minimum absolute atomic E-state index is 0.0404. The number of benzene rings is 1. The molecule has 8 heteroatoms. The smallest absolute Gasteiger partial charge is 0.288 e. The minimum atomic E-state index is -1.15. The number of nitrogens with one attached hydrogen (secondary N) is 1. The standard InChI is InChI=1S/C16H16BF2N3O2/c17-9-3-4-12(11(18)5-9)21-14-10(15(20)23)7-22(6-8-1-2-8)16(24)13(14)19/h3-5,7-8,21H,1-2,6,17H2,(H2,20,23). The number of pyridine rings is 1. The normalized spacial score (nSPS) is 13.8. The highest BCUT2D eigenvalue weighted by molar-refractivity contribution is 6.32. The molecular formula is C16H16BF2N3O2. The molecule has 0 aliphatic heterocycles. The number of primary amides is 1. The summed E-state index contributed by atoms with van der Waals surface area (Å²) >= 11 is 0. The quantitative estimate of drug-likeness (QED) is 0.790. The van der Waals surface area contributed by atoms with Gasteiger partial charge < -0.3 is 15.6 Å². The Kier molecular flexibility index (Phi) is 4.13. The lowest BCUT2D eigenvalue weighted by atomic mass is 9.96. The molecule has 1 aromatic heterocycles. The van der Waals surface area contributed by atoms with Crippen molar-refractivity contribution in [2.75, 3.05) is 5.32 Å². The molecule has 1 aliphatic rings. The summed E-state index contributed by atoms with van der Waals surface area (Å²) in [5.41, 5.74) is 4.51. The van der Waals surface area contributed by atoms with Crippen LogP contribution in [0.15, 0.2) is 29.2 Å². The predicted molar refractivity (Wildman–Crippen MR) is 89.8 cm³/mol. The van der Waals surface area contributed by atoms with Gasteiger partial charge in [0.1, 0.15) is 13.7 Å². The second kappa shape index (κ2) is 6.11. The zero-order valence-electron chi connectivity index (χ0n) is 13.1. The van der Waals surface area contributed by atoms with Crippen molar-refractivity contribution < 1.29 is 13.6 Å². The van der Waals surface area contributed by atoms with Gasteiger partial charge in [0.05, 0.1) is 16.9 Å². The van der Waals surface area contributed by atoms with E-state index >= 15 is 0 Å². The van der Waals surface area contributed by atoms with Crippen molar-refractivity contribution in [2.24, 2.45) is 11.7 Å². The monoisotopic (exact) mass is 331 g/mol. The number of carbonyl (C=O) groups excluding carboxylic acids is 1. The Morgan fingerprint density at radius 2 is 2.08 bits per heavy atom. The van der Waals surface area contributed by atoms with E-state index in [0.29, 0.717) is 17.9 Å². The molecule has 3 rings (SSSR count). The summed E-state index contributed by atoms with van der Waals surface area (Å²) in [6.07, 6.45) is 3.17. The van der Waals surface area contributed by atoms with Gasteiger partial charge in [0.15, 0.2) is 0 Å². The minimum Gasteiger partial charge on any atom is -0.365 e. The van der Waals surface area contributed by atoms with E-state index in [1.807, 2.05) is 0 Å². The summed E-state index contributed by atoms with van der Waals surface area (Å²) in [4.78, 5) is 23.8. The lowest BCUT2D eigenvalue weighted by Crippen LogP contribution is -2.28. The van der Waals surface area contributed by atoms with Crippen LogP contribution in [-0.4, -0.2) is 18.3 Å². The summed E-state index contributed by atoms with van der Waals surface area (Å²) in [6, 6.07) is 4.30. The van der Waals surface area contributed by atoms with E-state index in [0.717, 1.165) is 17.4 Å². The van der Waals surface area contributed by atoms with E-state index < -0.39 is 28.8 Å². The summed E-state index contributed by atoms with van der Waals surface area (Å²) in [5, 5.41) is 2.49. The number of anilines is 2. The molecule has 1 aromatic carbocycles. The van der Waals surface area contributed by atoms with Crippen LogP contribution >= 0.6 is 0 Å². The van der Waals surface area contributed by atoms with Crippen LogP contribution < -0.4 is 22.1 Å². The van der Waals surface area contributed by atoms with E-state index in [1.54, 1.807) is 13.9 Å². The van der Waals surface area contributed by atoms with Gasteiger partial charge in [0.25, 0.3) is 11.5 Å². The molecule has 1 fully saturated rings. The van der Waals surface area contributed by atoms with Gasteiger partial charge in [0, 0.05) is 12.7 Å². The third kappa shape index (κ3) is 3.17. The molecule has 0 saturated heterocycles. The Bertz CT molecular complexity index is 878. The molecule has 5 nitrogen and oxygen atoms in total. The topological polar surface area (TPSA) is 77.1 Å². The fraction of sp³-hybridized carbons (Fsp3) is 0.250. The van der Waals surface area contributed by atoms with Crippen LogP contribution in [0, 0.1) is 17.6 Å². The number of nitrogens with two attached hydrogens (primary N) is 1. The fourth-order valence-electron chi connectivity index (χ4n) is 2.51. The van der Waals surface area contributed by atoms with Crippen LogP contribution in [0.4, 0.5) is 20.2 Å². The van der Waals surface area contributed by atoms with Crippen LogP contribution in [0.2, 0.25) is 0 Å². The van der Waals surface area contributed by atoms with Gasteiger partial charge in [-0.05, 0) is 30.9 Å². The summed E-state index contributed by atoms with van der Waals surface area (Å²) in [6.45, 7) is 0.342. The SMILES string of the molecule is Bc1ccc(Nc2c(C(N)=O)cn(CC3CC3)c(=O)c2F)c(F)c1.